The maximum absolute atomic E-state index is 9.63. The van der Waals surface area contributed by atoms with Crippen molar-refractivity contribution in [2.75, 3.05) is 18.1 Å². The van der Waals surface area contributed by atoms with Gasteiger partial charge in [0.1, 0.15) is 5.75 Å². The molecule has 18 heavy (non-hydrogen) atoms. The summed E-state index contributed by atoms with van der Waals surface area (Å²) in [5.41, 5.74) is 1.23. The topological polar surface area (TPSA) is 32.7 Å². The Morgan fingerprint density at radius 2 is 1.89 bits per heavy atom. The van der Waals surface area contributed by atoms with Crippen molar-refractivity contribution in [1.82, 2.24) is 0 Å². The van der Waals surface area contributed by atoms with Crippen LogP contribution in [0.25, 0.3) is 0 Å². The van der Waals surface area contributed by atoms with Gasteiger partial charge in [-0.3, -0.25) is 0 Å². The predicted octanol–water partition coefficient (Wildman–Crippen LogP) is 2.58. The molecule has 1 saturated carbocycles. The maximum Gasteiger partial charge on any atom is 0.142 e. The van der Waals surface area contributed by atoms with Gasteiger partial charge in [-0.25, -0.2) is 0 Å². The van der Waals surface area contributed by atoms with Crippen LogP contribution in [0.5, 0.6) is 5.75 Å². The summed E-state index contributed by atoms with van der Waals surface area (Å²) in [6.07, 6.45) is 5.05. The van der Waals surface area contributed by atoms with Crippen LogP contribution in [0.1, 0.15) is 32.1 Å². The van der Waals surface area contributed by atoms with Gasteiger partial charge in [0.2, 0.25) is 0 Å². The number of rotatable bonds is 1. The van der Waals surface area contributed by atoms with E-state index in [1.807, 2.05) is 6.07 Å². The zero-order chi connectivity index (χ0) is 12.4. The van der Waals surface area contributed by atoms with Crippen molar-refractivity contribution < 1.29 is 9.84 Å². The number of para-hydroxylation sites is 2. The molecule has 1 aromatic rings. The van der Waals surface area contributed by atoms with E-state index in [0.29, 0.717) is 6.04 Å². The first kappa shape index (κ1) is 11.8. The maximum atomic E-state index is 9.63. The summed E-state index contributed by atoms with van der Waals surface area (Å²) >= 11 is 0. The molecule has 0 saturated heterocycles. The molecule has 1 aliphatic heterocycles. The van der Waals surface area contributed by atoms with Crippen molar-refractivity contribution >= 4 is 5.69 Å². The fraction of sp³-hybridized carbons (Fsp3) is 0.600. The van der Waals surface area contributed by atoms with Crippen LogP contribution in [0.3, 0.4) is 0 Å². The summed E-state index contributed by atoms with van der Waals surface area (Å²) in [6.45, 7) is 1.88. The van der Waals surface area contributed by atoms with Gasteiger partial charge in [0.25, 0.3) is 0 Å². The van der Waals surface area contributed by atoms with Gasteiger partial charge in [0.05, 0.1) is 18.4 Å². The minimum Gasteiger partial charge on any atom is -0.491 e. The van der Waals surface area contributed by atoms with Crippen LogP contribution >= 0.6 is 0 Å². The Hall–Kier alpha value is -1.22. The van der Waals surface area contributed by atoms with Gasteiger partial charge in [-0.1, -0.05) is 12.1 Å². The second-order valence-corrected chi connectivity index (χ2v) is 5.33. The first-order valence-corrected chi connectivity index (χ1v) is 7.01. The van der Waals surface area contributed by atoms with Crippen LogP contribution in [0.15, 0.2) is 24.3 Å². The lowest BCUT2D eigenvalue weighted by Crippen LogP contribution is -2.39. The van der Waals surface area contributed by atoms with Gasteiger partial charge in [0, 0.05) is 12.6 Å². The molecular formula is C15H21NO2. The third-order valence-electron chi connectivity index (χ3n) is 4.08. The van der Waals surface area contributed by atoms with E-state index < -0.39 is 0 Å². The molecule has 0 unspecified atom stereocenters. The molecule has 0 amide bonds. The summed E-state index contributed by atoms with van der Waals surface area (Å²) in [4.78, 5) is 2.49. The minimum atomic E-state index is -0.0836. The van der Waals surface area contributed by atoms with Crippen molar-refractivity contribution in [3.05, 3.63) is 24.3 Å². The number of nitrogens with zero attached hydrogens (tertiary/aromatic N) is 1. The SMILES string of the molecule is OC1CCC(N2CCCOc3ccccc32)CC1. The lowest BCUT2D eigenvalue weighted by Gasteiger charge is -2.36. The molecule has 0 spiro atoms. The minimum absolute atomic E-state index is 0.0836. The third kappa shape index (κ3) is 2.32. The quantitative estimate of drug-likeness (QED) is 0.828. The zero-order valence-electron chi connectivity index (χ0n) is 10.7. The molecule has 0 radical (unpaired) electrons. The summed E-state index contributed by atoms with van der Waals surface area (Å²) in [5.74, 6) is 1.01. The Balaban J connectivity index is 1.83. The molecule has 3 rings (SSSR count). The highest BCUT2D eigenvalue weighted by Crippen LogP contribution is 2.35. The van der Waals surface area contributed by atoms with Crippen LogP contribution in [-0.2, 0) is 0 Å². The van der Waals surface area contributed by atoms with Crippen LogP contribution in [0, 0.1) is 0 Å². The van der Waals surface area contributed by atoms with Gasteiger partial charge in [0.15, 0.2) is 0 Å². The predicted molar refractivity (Wildman–Crippen MR) is 72.2 cm³/mol. The second-order valence-electron chi connectivity index (χ2n) is 5.33. The number of hydrogen-bond donors (Lipinski definition) is 1. The molecule has 1 aromatic carbocycles. The Kier molecular flexibility index (Phi) is 3.41. The van der Waals surface area contributed by atoms with Crippen LogP contribution < -0.4 is 9.64 Å². The molecule has 1 heterocycles. The highest BCUT2D eigenvalue weighted by atomic mass is 16.5. The molecule has 1 fully saturated rings. The average Bonchev–Trinajstić information content (AvgIpc) is 2.62. The first-order valence-electron chi connectivity index (χ1n) is 7.01. The van der Waals surface area contributed by atoms with E-state index >= 15 is 0 Å². The molecule has 1 N–H and O–H groups in total. The normalized spacial score (nSPS) is 28.2. The van der Waals surface area contributed by atoms with Gasteiger partial charge in [-0.2, -0.15) is 0 Å². The number of aliphatic hydroxyl groups excluding tert-OH is 1. The molecule has 3 nitrogen and oxygen atoms in total. The molecule has 3 heteroatoms. The standard InChI is InChI=1S/C15H21NO2/c17-13-8-6-12(7-9-13)16-10-3-11-18-15-5-2-1-4-14(15)16/h1-2,4-5,12-13,17H,3,6-11H2. The Labute approximate surface area is 108 Å². The van der Waals surface area contributed by atoms with Crippen molar-refractivity contribution in [1.29, 1.82) is 0 Å². The van der Waals surface area contributed by atoms with E-state index in [9.17, 15) is 5.11 Å². The number of benzene rings is 1. The second kappa shape index (κ2) is 5.19. The van der Waals surface area contributed by atoms with Crippen molar-refractivity contribution in [2.45, 2.75) is 44.2 Å². The molecule has 0 aromatic heterocycles. The molecule has 1 aliphatic carbocycles. The fourth-order valence-corrected chi connectivity index (χ4v) is 3.10. The summed E-state index contributed by atoms with van der Waals surface area (Å²) in [6, 6.07) is 8.90. The van der Waals surface area contributed by atoms with E-state index in [1.54, 1.807) is 0 Å². The van der Waals surface area contributed by atoms with Crippen LogP contribution in [0.2, 0.25) is 0 Å². The lowest BCUT2D eigenvalue weighted by molar-refractivity contribution is 0.121. The van der Waals surface area contributed by atoms with E-state index in [-0.39, 0.29) is 6.10 Å². The molecule has 98 valence electrons. The molecule has 0 atom stereocenters. The Bertz CT molecular complexity index is 399. The van der Waals surface area contributed by atoms with Crippen molar-refractivity contribution in [2.24, 2.45) is 0 Å². The molecular weight excluding hydrogens is 226 g/mol. The Morgan fingerprint density at radius 1 is 1.11 bits per heavy atom. The number of ether oxygens (including phenoxy) is 1. The average molecular weight is 247 g/mol. The number of aliphatic hydroxyl groups is 1. The lowest BCUT2D eigenvalue weighted by atomic mass is 9.91. The fourth-order valence-electron chi connectivity index (χ4n) is 3.10. The van der Waals surface area contributed by atoms with Gasteiger partial charge >= 0.3 is 0 Å². The van der Waals surface area contributed by atoms with E-state index in [0.717, 1.165) is 51.0 Å². The summed E-state index contributed by atoms with van der Waals surface area (Å²) < 4.78 is 5.80. The highest BCUT2D eigenvalue weighted by molar-refractivity contribution is 5.59. The molecule has 2 aliphatic rings. The summed E-state index contributed by atoms with van der Waals surface area (Å²) in [7, 11) is 0. The van der Waals surface area contributed by atoms with E-state index in [2.05, 4.69) is 23.1 Å². The third-order valence-corrected chi connectivity index (χ3v) is 4.08. The van der Waals surface area contributed by atoms with Gasteiger partial charge in [-0.15, -0.1) is 0 Å². The first-order chi connectivity index (χ1) is 8.84. The van der Waals surface area contributed by atoms with E-state index in [1.165, 1.54) is 5.69 Å². The smallest absolute Gasteiger partial charge is 0.142 e. The van der Waals surface area contributed by atoms with E-state index in [4.69, 9.17) is 4.74 Å². The molecule has 0 bridgehead atoms. The van der Waals surface area contributed by atoms with Crippen molar-refractivity contribution in [3.63, 3.8) is 0 Å². The van der Waals surface area contributed by atoms with Crippen LogP contribution in [-0.4, -0.2) is 30.4 Å². The van der Waals surface area contributed by atoms with Crippen LogP contribution in [0.4, 0.5) is 5.69 Å². The van der Waals surface area contributed by atoms with Gasteiger partial charge < -0.3 is 14.7 Å². The number of hydrogen-bond acceptors (Lipinski definition) is 3. The monoisotopic (exact) mass is 247 g/mol. The number of fused-ring (bicyclic) bond motifs is 1. The Morgan fingerprint density at radius 3 is 2.72 bits per heavy atom. The highest BCUT2D eigenvalue weighted by Gasteiger charge is 2.27. The van der Waals surface area contributed by atoms with Gasteiger partial charge in [-0.05, 0) is 44.2 Å². The largest absolute Gasteiger partial charge is 0.491 e. The summed E-state index contributed by atoms with van der Waals surface area (Å²) in [5, 5.41) is 9.63. The zero-order valence-corrected chi connectivity index (χ0v) is 10.7. The number of anilines is 1. The van der Waals surface area contributed by atoms with Crippen molar-refractivity contribution in [3.8, 4) is 5.75 Å².